The molecule has 2 N–H and O–H groups in total. The Morgan fingerprint density at radius 2 is 1.79 bits per heavy atom. The van der Waals surface area contributed by atoms with Gasteiger partial charge in [-0.1, -0.05) is 29.8 Å². The van der Waals surface area contributed by atoms with E-state index in [1.165, 1.54) is 0 Å². The van der Waals surface area contributed by atoms with Gasteiger partial charge >= 0.3 is 0 Å². The van der Waals surface area contributed by atoms with Gasteiger partial charge in [-0.05, 0) is 35.9 Å². The highest BCUT2D eigenvalue weighted by molar-refractivity contribution is 6.31. The van der Waals surface area contributed by atoms with Gasteiger partial charge in [0.05, 0.1) is 0 Å². The van der Waals surface area contributed by atoms with Gasteiger partial charge in [0.2, 0.25) is 0 Å². The summed E-state index contributed by atoms with van der Waals surface area (Å²) in [5.41, 5.74) is 2.51. The molecule has 0 aliphatic rings. The van der Waals surface area contributed by atoms with Crippen LogP contribution in [0.4, 0.5) is 5.69 Å². The van der Waals surface area contributed by atoms with Crippen LogP contribution in [0.3, 0.4) is 0 Å². The molecule has 2 aromatic rings. The van der Waals surface area contributed by atoms with E-state index in [-0.39, 0.29) is 5.91 Å². The average Bonchev–Trinajstić information content (AvgIpc) is 2.46. The average molecular weight is 275 g/mol. The fourth-order valence-corrected chi connectivity index (χ4v) is 1.91. The molecule has 0 aliphatic heterocycles. The maximum atomic E-state index is 12.0. The van der Waals surface area contributed by atoms with Gasteiger partial charge in [-0.25, -0.2) is 0 Å². The molecular formula is C15H15ClN2O. The van der Waals surface area contributed by atoms with Gasteiger partial charge in [-0.15, -0.1) is 0 Å². The van der Waals surface area contributed by atoms with E-state index in [9.17, 15) is 4.79 Å². The molecule has 4 heteroatoms. The second-order valence-corrected chi connectivity index (χ2v) is 4.51. The number of carbonyl (C=O) groups excluding carboxylic acids is 1. The number of rotatable bonds is 4. The van der Waals surface area contributed by atoms with Gasteiger partial charge in [0, 0.05) is 29.9 Å². The van der Waals surface area contributed by atoms with Crippen LogP contribution in [-0.2, 0) is 6.54 Å². The fourth-order valence-electron chi connectivity index (χ4n) is 1.71. The molecule has 2 aromatic carbocycles. The number of amides is 1. The summed E-state index contributed by atoms with van der Waals surface area (Å²) in [4.78, 5) is 12.0. The molecule has 19 heavy (non-hydrogen) atoms. The SMILES string of the molecule is CNc1ccc(C(=O)NCc2ccccc2Cl)cc1. The minimum Gasteiger partial charge on any atom is -0.388 e. The van der Waals surface area contributed by atoms with E-state index < -0.39 is 0 Å². The van der Waals surface area contributed by atoms with Gasteiger partial charge in [0.1, 0.15) is 0 Å². The standard InChI is InChI=1S/C15H15ClN2O/c1-17-13-8-6-11(7-9-13)15(19)18-10-12-4-2-3-5-14(12)16/h2-9,17H,10H2,1H3,(H,18,19). The Kier molecular flexibility index (Phi) is 4.42. The Morgan fingerprint density at radius 3 is 2.42 bits per heavy atom. The first-order valence-corrected chi connectivity index (χ1v) is 6.38. The second kappa shape index (κ2) is 6.25. The van der Waals surface area contributed by atoms with Crippen LogP contribution in [0.2, 0.25) is 5.02 Å². The number of benzene rings is 2. The molecule has 0 saturated carbocycles. The molecule has 2 rings (SSSR count). The Hall–Kier alpha value is -2.00. The van der Waals surface area contributed by atoms with Crippen molar-refractivity contribution >= 4 is 23.2 Å². The zero-order valence-corrected chi connectivity index (χ0v) is 11.4. The quantitative estimate of drug-likeness (QED) is 0.898. The number of hydrogen-bond acceptors (Lipinski definition) is 2. The third-order valence-electron chi connectivity index (χ3n) is 2.83. The van der Waals surface area contributed by atoms with Crippen molar-refractivity contribution in [3.8, 4) is 0 Å². The lowest BCUT2D eigenvalue weighted by Crippen LogP contribution is -2.22. The predicted octanol–water partition coefficient (Wildman–Crippen LogP) is 3.31. The minimum absolute atomic E-state index is 0.109. The van der Waals surface area contributed by atoms with Crippen LogP contribution in [-0.4, -0.2) is 13.0 Å². The van der Waals surface area contributed by atoms with Crippen LogP contribution in [0.25, 0.3) is 0 Å². The summed E-state index contributed by atoms with van der Waals surface area (Å²) >= 11 is 6.03. The lowest BCUT2D eigenvalue weighted by molar-refractivity contribution is 0.0951. The number of halogens is 1. The maximum Gasteiger partial charge on any atom is 0.251 e. The summed E-state index contributed by atoms with van der Waals surface area (Å²) in [7, 11) is 1.84. The van der Waals surface area contributed by atoms with Crippen LogP contribution in [0, 0.1) is 0 Å². The summed E-state index contributed by atoms with van der Waals surface area (Å²) in [6.07, 6.45) is 0. The molecule has 1 amide bonds. The predicted molar refractivity (Wildman–Crippen MR) is 78.6 cm³/mol. The lowest BCUT2D eigenvalue weighted by atomic mass is 10.2. The fraction of sp³-hybridized carbons (Fsp3) is 0.133. The van der Waals surface area contributed by atoms with Crippen molar-refractivity contribution in [3.05, 3.63) is 64.7 Å². The number of anilines is 1. The number of nitrogens with one attached hydrogen (secondary N) is 2. The highest BCUT2D eigenvalue weighted by Crippen LogP contribution is 2.14. The van der Waals surface area contributed by atoms with Crippen molar-refractivity contribution in [2.24, 2.45) is 0 Å². The Labute approximate surface area is 117 Å². The second-order valence-electron chi connectivity index (χ2n) is 4.10. The van der Waals surface area contributed by atoms with Gasteiger partial charge in [-0.3, -0.25) is 4.79 Å². The van der Waals surface area contributed by atoms with E-state index >= 15 is 0 Å². The van der Waals surface area contributed by atoms with Crippen LogP contribution >= 0.6 is 11.6 Å². The largest absolute Gasteiger partial charge is 0.388 e. The summed E-state index contributed by atoms with van der Waals surface area (Å²) < 4.78 is 0. The third kappa shape index (κ3) is 3.48. The topological polar surface area (TPSA) is 41.1 Å². The van der Waals surface area contributed by atoms with Gasteiger partial charge < -0.3 is 10.6 Å². The molecule has 0 aromatic heterocycles. The van der Waals surface area contributed by atoms with Gasteiger partial charge in [-0.2, -0.15) is 0 Å². The minimum atomic E-state index is -0.109. The summed E-state index contributed by atoms with van der Waals surface area (Å²) in [5, 5.41) is 6.52. The molecule has 0 atom stereocenters. The molecule has 0 radical (unpaired) electrons. The van der Waals surface area contributed by atoms with E-state index in [4.69, 9.17) is 11.6 Å². The van der Waals surface area contributed by atoms with Crippen molar-refractivity contribution in [2.45, 2.75) is 6.54 Å². The van der Waals surface area contributed by atoms with Gasteiger partial charge in [0.15, 0.2) is 0 Å². The van der Waals surface area contributed by atoms with Crippen LogP contribution in [0.15, 0.2) is 48.5 Å². The molecule has 0 unspecified atom stereocenters. The van der Waals surface area contributed by atoms with Crippen LogP contribution in [0.1, 0.15) is 15.9 Å². The molecule has 0 bridgehead atoms. The van der Waals surface area contributed by atoms with E-state index in [2.05, 4.69) is 10.6 Å². The van der Waals surface area contributed by atoms with Crippen molar-refractivity contribution < 1.29 is 4.79 Å². The molecule has 0 aliphatic carbocycles. The first kappa shape index (κ1) is 13.4. The Morgan fingerprint density at radius 1 is 1.11 bits per heavy atom. The summed E-state index contributed by atoms with van der Waals surface area (Å²) in [5.74, 6) is -0.109. The molecular weight excluding hydrogens is 260 g/mol. The highest BCUT2D eigenvalue weighted by atomic mass is 35.5. The first-order chi connectivity index (χ1) is 9.20. The molecule has 3 nitrogen and oxygen atoms in total. The third-order valence-corrected chi connectivity index (χ3v) is 3.20. The molecule has 0 fully saturated rings. The number of carbonyl (C=O) groups is 1. The smallest absolute Gasteiger partial charge is 0.251 e. The van der Waals surface area contributed by atoms with E-state index in [1.807, 2.05) is 43.4 Å². The first-order valence-electron chi connectivity index (χ1n) is 6.00. The van der Waals surface area contributed by atoms with E-state index in [0.29, 0.717) is 17.1 Å². The summed E-state index contributed by atoms with van der Waals surface area (Å²) in [6.45, 7) is 0.423. The van der Waals surface area contributed by atoms with E-state index in [1.54, 1.807) is 12.1 Å². The van der Waals surface area contributed by atoms with E-state index in [0.717, 1.165) is 11.3 Å². The Balaban J connectivity index is 1.99. The van der Waals surface area contributed by atoms with Crippen molar-refractivity contribution in [3.63, 3.8) is 0 Å². The molecule has 98 valence electrons. The van der Waals surface area contributed by atoms with Gasteiger partial charge in [0.25, 0.3) is 5.91 Å². The lowest BCUT2D eigenvalue weighted by Gasteiger charge is -2.07. The van der Waals surface area contributed by atoms with Crippen molar-refractivity contribution in [2.75, 3.05) is 12.4 Å². The van der Waals surface area contributed by atoms with Crippen molar-refractivity contribution in [1.29, 1.82) is 0 Å². The monoisotopic (exact) mass is 274 g/mol. The van der Waals surface area contributed by atoms with Crippen LogP contribution in [0.5, 0.6) is 0 Å². The molecule has 0 spiro atoms. The summed E-state index contributed by atoms with van der Waals surface area (Å²) in [6, 6.07) is 14.8. The zero-order valence-electron chi connectivity index (χ0n) is 10.6. The number of hydrogen-bond donors (Lipinski definition) is 2. The van der Waals surface area contributed by atoms with Crippen molar-refractivity contribution in [1.82, 2.24) is 5.32 Å². The zero-order chi connectivity index (χ0) is 13.7. The Bertz CT molecular complexity index is 567. The highest BCUT2D eigenvalue weighted by Gasteiger charge is 2.06. The molecule has 0 saturated heterocycles. The maximum absolute atomic E-state index is 12.0. The normalized spacial score (nSPS) is 10.0. The molecule has 0 heterocycles. The van der Waals surface area contributed by atoms with Crippen LogP contribution < -0.4 is 10.6 Å².